The Morgan fingerprint density at radius 2 is 1.60 bits per heavy atom. The van der Waals surface area contributed by atoms with Gasteiger partial charge in [0.05, 0.1) is 0 Å². The number of carbonyl (C=O) groups is 3. The summed E-state index contributed by atoms with van der Waals surface area (Å²) in [5.74, 6) is -1.50. The standard InChI is InChI=1S/C33H42O7/c1-19-25-17-24-18-27(39-22(4)35)20(2)29(32(24,5)6)30(40-28(36)14-13-23-11-9-8-10-12-23)31(37)33(25,7)16-15-26(19)38-21(3)34/h8-14,24-27,30-31,37H,1,15-18H2,2-7H3/b14-13+/t24-,25-,26+,27+,30-,31+,33-/m1/s1. The first kappa shape index (κ1) is 29.8. The number of benzene rings is 1. The van der Waals surface area contributed by atoms with Crippen LogP contribution in [0.25, 0.3) is 6.08 Å². The number of fused-ring (bicyclic) bond motifs is 3. The number of hydrogen-bond donors (Lipinski definition) is 1. The number of rotatable bonds is 5. The van der Waals surface area contributed by atoms with E-state index in [4.69, 9.17) is 14.2 Å². The molecule has 2 saturated carbocycles. The molecule has 0 aromatic heterocycles. The van der Waals surface area contributed by atoms with E-state index in [1.54, 1.807) is 6.08 Å². The molecular weight excluding hydrogens is 508 g/mol. The fourth-order valence-electron chi connectivity index (χ4n) is 7.31. The van der Waals surface area contributed by atoms with Gasteiger partial charge in [-0.15, -0.1) is 0 Å². The Morgan fingerprint density at radius 1 is 0.975 bits per heavy atom. The van der Waals surface area contributed by atoms with Gasteiger partial charge in [0.25, 0.3) is 0 Å². The van der Waals surface area contributed by atoms with Crippen molar-refractivity contribution in [1.82, 2.24) is 0 Å². The Balaban J connectivity index is 1.80. The van der Waals surface area contributed by atoms with Crippen LogP contribution < -0.4 is 0 Å². The normalized spacial score (nSPS) is 33.4. The van der Waals surface area contributed by atoms with E-state index in [1.165, 1.54) is 19.9 Å². The molecule has 7 heteroatoms. The highest BCUT2D eigenvalue weighted by Crippen LogP contribution is 2.59. The highest BCUT2D eigenvalue weighted by atomic mass is 16.6. The fraction of sp³-hybridized carbons (Fsp3) is 0.545. The molecule has 40 heavy (non-hydrogen) atoms. The molecule has 2 bridgehead atoms. The van der Waals surface area contributed by atoms with Gasteiger partial charge in [0.2, 0.25) is 0 Å². The van der Waals surface area contributed by atoms with Crippen LogP contribution in [0.1, 0.15) is 72.8 Å². The van der Waals surface area contributed by atoms with E-state index in [0.29, 0.717) is 25.7 Å². The second kappa shape index (κ2) is 11.4. The maximum Gasteiger partial charge on any atom is 0.331 e. The van der Waals surface area contributed by atoms with Gasteiger partial charge in [0.1, 0.15) is 18.3 Å². The number of esters is 3. The Kier molecular flexibility index (Phi) is 8.46. The maximum atomic E-state index is 13.3. The van der Waals surface area contributed by atoms with Crippen molar-refractivity contribution in [1.29, 1.82) is 0 Å². The van der Waals surface area contributed by atoms with Gasteiger partial charge < -0.3 is 19.3 Å². The van der Waals surface area contributed by atoms with Crippen LogP contribution in [0.3, 0.4) is 0 Å². The molecule has 3 aliphatic carbocycles. The molecule has 2 fully saturated rings. The van der Waals surface area contributed by atoms with E-state index in [1.807, 2.05) is 44.2 Å². The van der Waals surface area contributed by atoms with Gasteiger partial charge in [0.15, 0.2) is 6.10 Å². The summed E-state index contributed by atoms with van der Waals surface area (Å²) in [6.07, 6.45) is 2.46. The minimum atomic E-state index is -1.07. The quantitative estimate of drug-likeness (QED) is 0.221. The van der Waals surface area contributed by atoms with Gasteiger partial charge in [-0.2, -0.15) is 0 Å². The van der Waals surface area contributed by atoms with Crippen LogP contribution in [0.15, 0.2) is 59.7 Å². The van der Waals surface area contributed by atoms with Crippen molar-refractivity contribution >= 4 is 24.0 Å². The largest absolute Gasteiger partial charge is 0.458 e. The second-order valence-corrected chi connectivity index (χ2v) is 12.4. The highest BCUT2D eigenvalue weighted by molar-refractivity contribution is 5.87. The third kappa shape index (κ3) is 5.67. The van der Waals surface area contributed by atoms with Crippen LogP contribution in [0.2, 0.25) is 0 Å². The molecule has 4 rings (SSSR count). The first-order chi connectivity index (χ1) is 18.8. The van der Waals surface area contributed by atoms with Gasteiger partial charge in [0, 0.05) is 25.3 Å². The minimum absolute atomic E-state index is 0.0289. The Hall–Kier alpha value is -3.19. The van der Waals surface area contributed by atoms with Crippen molar-refractivity contribution in [2.75, 3.05) is 0 Å². The van der Waals surface area contributed by atoms with E-state index in [2.05, 4.69) is 20.4 Å². The molecule has 7 atom stereocenters. The van der Waals surface area contributed by atoms with Crippen molar-refractivity contribution in [2.24, 2.45) is 22.7 Å². The van der Waals surface area contributed by atoms with E-state index in [-0.39, 0.29) is 23.8 Å². The van der Waals surface area contributed by atoms with Crippen molar-refractivity contribution in [2.45, 2.75) is 91.6 Å². The predicted octanol–water partition coefficient (Wildman–Crippen LogP) is 5.57. The fourth-order valence-corrected chi connectivity index (χ4v) is 7.31. The zero-order chi connectivity index (χ0) is 29.4. The summed E-state index contributed by atoms with van der Waals surface area (Å²) in [6.45, 7) is 15.3. The number of aliphatic hydroxyl groups is 1. The minimum Gasteiger partial charge on any atom is -0.458 e. The van der Waals surface area contributed by atoms with E-state index >= 15 is 0 Å². The summed E-state index contributed by atoms with van der Waals surface area (Å²) in [5, 5.41) is 12.2. The summed E-state index contributed by atoms with van der Waals surface area (Å²) in [7, 11) is 0. The summed E-state index contributed by atoms with van der Waals surface area (Å²) >= 11 is 0. The van der Waals surface area contributed by atoms with Gasteiger partial charge in [-0.3, -0.25) is 9.59 Å². The van der Waals surface area contributed by atoms with Crippen LogP contribution in [0, 0.1) is 22.7 Å². The lowest BCUT2D eigenvalue weighted by atomic mass is 9.50. The SMILES string of the molecule is C=C1[C@@H](OC(C)=O)CC[C@]2(C)[C@@H]1C[C@@H]1C[C@H](OC(C)=O)C(C)=C([C@@H](OC(=O)/C=C/c3ccccc3)[C@@H]2O)C1(C)C. The van der Waals surface area contributed by atoms with Crippen molar-refractivity contribution in [3.05, 3.63) is 65.3 Å². The average molecular weight is 551 g/mol. The second-order valence-electron chi connectivity index (χ2n) is 12.4. The average Bonchev–Trinajstić information content (AvgIpc) is 2.88. The monoisotopic (exact) mass is 550 g/mol. The zero-order valence-electron chi connectivity index (χ0n) is 24.4. The molecule has 216 valence electrons. The molecular formula is C33H42O7. The smallest absolute Gasteiger partial charge is 0.331 e. The molecule has 0 aliphatic heterocycles. The molecule has 1 N–H and O–H groups in total. The molecule has 0 radical (unpaired) electrons. The summed E-state index contributed by atoms with van der Waals surface area (Å²) in [4.78, 5) is 37.2. The predicted molar refractivity (Wildman–Crippen MR) is 152 cm³/mol. The highest BCUT2D eigenvalue weighted by Gasteiger charge is 2.58. The molecule has 0 saturated heterocycles. The van der Waals surface area contributed by atoms with Crippen molar-refractivity contribution < 1.29 is 33.7 Å². The molecule has 3 aliphatic rings. The van der Waals surface area contributed by atoms with Crippen LogP contribution in [-0.4, -0.2) is 47.4 Å². The first-order valence-corrected chi connectivity index (χ1v) is 14.1. The summed E-state index contributed by atoms with van der Waals surface area (Å²) in [5.41, 5.74) is 2.08. The Labute approximate surface area is 237 Å². The van der Waals surface area contributed by atoms with Gasteiger partial charge in [-0.05, 0) is 78.2 Å². The molecule has 7 nitrogen and oxygen atoms in total. The van der Waals surface area contributed by atoms with Crippen LogP contribution in [-0.2, 0) is 28.6 Å². The van der Waals surface area contributed by atoms with Crippen molar-refractivity contribution in [3.63, 3.8) is 0 Å². The van der Waals surface area contributed by atoms with Gasteiger partial charge in [-0.1, -0.05) is 57.7 Å². The van der Waals surface area contributed by atoms with Crippen LogP contribution in [0.4, 0.5) is 0 Å². The van der Waals surface area contributed by atoms with E-state index in [9.17, 15) is 19.5 Å². The molecule has 0 amide bonds. The van der Waals surface area contributed by atoms with Crippen LogP contribution >= 0.6 is 0 Å². The lowest BCUT2D eigenvalue weighted by molar-refractivity contribution is -0.167. The lowest BCUT2D eigenvalue weighted by Gasteiger charge is -2.57. The zero-order valence-corrected chi connectivity index (χ0v) is 24.4. The number of aliphatic hydroxyl groups excluding tert-OH is 1. The van der Waals surface area contributed by atoms with Crippen molar-refractivity contribution in [3.8, 4) is 0 Å². The summed E-state index contributed by atoms with van der Waals surface area (Å²) < 4.78 is 17.5. The molecule has 1 aromatic carbocycles. The molecule has 0 unspecified atom stereocenters. The third-order valence-electron chi connectivity index (χ3n) is 9.56. The Morgan fingerprint density at radius 3 is 2.23 bits per heavy atom. The van der Waals surface area contributed by atoms with Gasteiger partial charge >= 0.3 is 17.9 Å². The maximum absolute atomic E-state index is 13.3. The summed E-state index contributed by atoms with van der Waals surface area (Å²) in [6, 6.07) is 9.45. The number of ether oxygens (including phenoxy) is 3. The molecule has 1 aromatic rings. The lowest BCUT2D eigenvalue weighted by Crippen LogP contribution is -2.58. The number of carbonyl (C=O) groups excluding carboxylic acids is 3. The molecule has 0 spiro atoms. The topological polar surface area (TPSA) is 99.1 Å². The first-order valence-electron chi connectivity index (χ1n) is 14.1. The third-order valence-corrected chi connectivity index (χ3v) is 9.56. The van der Waals surface area contributed by atoms with E-state index < -0.39 is 41.2 Å². The Bertz CT molecular complexity index is 1230. The van der Waals surface area contributed by atoms with E-state index in [0.717, 1.165) is 22.3 Å². The van der Waals surface area contributed by atoms with Crippen LogP contribution in [0.5, 0.6) is 0 Å². The molecule has 0 heterocycles. The van der Waals surface area contributed by atoms with Gasteiger partial charge in [-0.25, -0.2) is 4.79 Å². The number of hydrogen-bond acceptors (Lipinski definition) is 7.